The molecule has 2 aromatic rings. The molecular formula is C16H14N. The van der Waals surface area contributed by atoms with Crippen LogP contribution in [0.3, 0.4) is 0 Å². The molecule has 1 nitrogen and oxygen atoms in total. The third-order valence-electron chi connectivity index (χ3n) is 3.25. The van der Waals surface area contributed by atoms with E-state index in [4.69, 9.17) is 0 Å². The molecule has 0 spiro atoms. The van der Waals surface area contributed by atoms with Crippen LogP contribution in [0.25, 0.3) is 11.9 Å². The molecule has 83 valence electrons. The average Bonchev–Trinajstić information content (AvgIpc) is 2.76. The van der Waals surface area contributed by atoms with Crippen LogP contribution in [-0.4, -0.2) is 0 Å². The SMILES string of the molecule is Cc1ccccc1CC1=c2ccccc2=C[N]1. The smallest absolute Gasteiger partial charge is 0.0526 e. The largest absolute Gasteiger partial charge is 0.260 e. The van der Waals surface area contributed by atoms with Gasteiger partial charge in [-0.1, -0.05) is 48.5 Å². The van der Waals surface area contributed by atoms with Gasteiger partial charge in [-0.3, -0.25) is 5.32 Å². The molecule has 0 N–H and O–H groups in total. The maximum absolute atomic E-state index is 4.53. The van der Waals surface area contributed by atoms with Gasteiger partial charge < -0.3 is 0 Å². The molecule has 0 fully saturated rings. The number of rotatable bonds is 2. The van der Waals surface area contributed by atoms with Gasteiger partial charge in [0.25, 0.3) is 0 Å². The first-order valence-corrected chi connectivity index (χ1v) is 5.88. The average molecular weight is 220 g/mol. The first-order valence-electron chi connectivity index (χ1n) is 5.88. The van der Waals surface area contributed by atoms with Gasteiger partial charge in [0, 0.05) is 23.1 Å². The summed E-state index contributed by atoms with van der Waals surface area (Å²) in [7, 11) is 0. The Labute approximate surface area is 101 Å². The van der Waals surface area contributed by atoms with Crippen molar-refractivity contribution in [1.82, 2.24) is 5.32 Å². The normalized spacial score (nSPS) is 12.9. The molecule has 0 saturated heterocycles. The Morgan fingerprint density at radius 1 is 0.941 bits per heavy atom. The first kappa shape index (κ1) is 10.2. The van der Waals surface area contributed by atoms with Gasteiger partial charge in [-0.25, -0.2) is 0 Å². The zero-order chi connectivity index (χ0) is 11.7. The lowest BCUT2D eigenvalue weighted by Crippen LogP contribution is -2.22. The van der Waals surface area contributed by atoms with Gasteiger partial charge in [0.15, 0.2) is 0 Å². The van der Waals surface area contributed by atoms with Crippen LogP contribution < -0.4 is 15.8 Å². The number of nitrogens with zero attached hydrogens (tertiary/aromatic N) is 1. The fourth-order valence-electron chi connectivity index (χ4n) is 2.22. The number of benzene rings is 2. The van der Waals surface area contributed by atoms with E-state index < -0.39 is 0 Å². The highest BCUT2D eigenvalue weighted by Gasteiger charge is 2.07. The predicted molar refractivity (Wildman–Crippen MR) is 70.6 cm³/mol. The van der Waals surface area contributed by atoms with Gasteiger partial charge >= 0.3 is 0 Å². The molecule has 0 unspecified atom stereocenters. The quantitative estimate of drug-likeness (QED) is 0.731. The topological polar surface area (TPSA) is 14.1 Å². The molecule has 3 rings (SSSR count). The number of hydrogen-bond acceptors (Lipinski definition) is 0. The Kier molecular flexibility index (Phi) is 2.45. The lowest BCUT2D eigenvalue weighted by Gasteiger charge is -2.05. The second-order valence-corrected chi connectivity index (χ2v) is 4.40. The summed E-state index contributed by atoms with van der Waals surface area (Å²) in [6.07, 6.45) is 2.88. The highest BCUT2D eigenvalue weighted by Crippen LogP contribution is 2.12. The van der Waals surface area contributed by atoms with E-state index in [2.05, 4.69) is 60.8 Å². The Morgan fingerprint density at radius 3 is 2.59 bits per heavy atom. The second kappa shape index (κ2) is 4.10. The Balaban J connectivity index is 2.05. The van der Waals surface area contributed by atoms with E-state index in [0.717, 1.165) is 6.42 Å². The van der Waals surface area contributed by atoms with Crippen LogP contribution in [0.5, 0.6) is 0 Å². The van der Waals surface area contributed by atoms with Gasteiger partial charge in [0.2, 0.25) is 0 Å². The summed E-state index contributed by atoms with van der Waals surface area (Å²) in [6.45, 7) is 2.15. The van der Waals surface area contributed by atoms with Crippen molar-refractivity contribution in [1.29, 1.82) is 0 Å². The van der Waals surface area contributed by atoms with Crippen molar-refractivity contribution in [2.45, 2.75) is 13.3 Å². The molecular weight excluding hydrogens is 206 g/mol. The Hall–Kier alpha value is -2.02. The van der Waals surface area contributed by atoms with E-state index in [-0.39, 0.29) is 0 Å². The van der Waals surface area contributed by atoms with Gasteiger partial charge in [-0.2, -0.15) is 0 Å². The summed E-state index contributed by atoms with van der Waals surface area (Å²) in [5, 5.41) is 7.04. The number of aryl methyl sites for hydroxylation is 1. The third kappa shape index (κ3) is 1.84. The molecule has 2 aromatic carbocycles. The molecule has 1 heteroatoms. The van der Waals surface area contributed by atoms with Gasteiger partial charge in [0.05, 0.1) is 5.70 Å². The summed E-state index contributed by atoms with van der Waals surface area (Å²) < 4.78 is 0. The summed E-state index contributed by atoms with van der Waals surface area (Å²) in [6, 6.07) is 16.9. The molecule has 17 heavy (non-hydrogen) atoms. The highest BCUT2D eigenvalue weighted by atomic mass is 14.9. The number of fused-ring (bicyclic) bond motifs is 1. The van der Waals surface area contributed by atoms with Crippen molar-refractivity contribution < 1.29 is 0 Å². The maximum Gasteiger partial charge on any atom is 0.0526 e. The van der Waals surface area contributed by atoms with Gasteiger partial charge in [-0.05, 0) is 18.1 Å². The van der Waals surface area contributed by atoms with Crippen LogP contribution in [0.15, 0.2) is 48.5 Å². The van der Waals surface area contributed by atoms with Crippen molar-refractivity contribution in [3.8, 4) is 0 Å². The zero-order valence-electron chi connectivity index (χ0n) is 9.85. The minimum Gasteiger partial charge on any atom is -0.260 e. The summed E-state index contributed by atoms with van der Waals surface area (Å²) in [5.74, 6) is 0. The maximum atomic E-state index is 4.53. The molecule has 1 heterocycles. The van der Waals surface area contributed by atoms with E-state index >= 15 is 0 Å². The Bertz CT molecular complexity index is 668. The van der Waals surface area contributed by atoms with Crippen LogP contribution in [0.2, 0.25) is 0 Å². The van der Waals surface area contributed by atoms with Crippen molar-refractivity contribution >= 4 is 11.9 Å². The van der Waals surface area contributed by atoms with E-state index in [9.17, 15) is 0 Å². The third-order valence-corrected chi connectivity index (χ3v) is 3.25. The number of hydrogen-bond donors (Lipinski definition) is 0. The molecule has 1 aliphatic heterocycles. The molecule has 0 atom stereocenters. The second-order valence-electron chi connectivity index (χ2n) is 4.40. The molecule has 0 bridgehead atoms. The van der Waals surface area contributed by atoms with Crippen molar-refractivity contribution in [3.05, 3.63) is 70.1 Å². The molecule has 1 aliphatic rings. The lowest BCUT2D eigenvalue weighted by atomic mass is 10.0. The van der Waals surface area contributed by atoms with E-state index in [1.807, 2.05) is 6.20 Å². The van der Waals surface area contributed by atoms with Crippen LogP contribution in [0.4, 0.5) is 0 Å². The summed E-state index contributed by atoms with van der Waals surface area (Å²) in [4.78, 5) is 0. The lowest BCUT2D eigenvalue weighted by molar-refractivity contribution is 1.12. The molecule has 0 aliphatic carbocycles. The van der Waals surface area contributed by atoms with Gasteiger partial charge in [-0.15, -0.1) is 0 Å². The van der Waals surface area contributed by atoms with Crippen LogP contribution >= 0.6 is 0 Å². The van der Waals surface area contributed by atoms with E-state index in [1.54, 1.807) is 0 Å². The summed E-state index contributed by atoms with van der Waals surface area (Å²) >= 11 is 0. The van der Waals surface area contributed by atoms with Crippen LogP contribution in [0.1, 0.15) is 11.1 Å². The Morgan fingerprint density at radius 2 is 1.71 bits per heavy atom. The fraction of sp³-hybridized carbons (Fsp3) is 0.125. The fourth-order valence-corrected chi connectivity index (χ4v) is 2.22. The molecule has 0 aromatic heterocycles. The minimum atomic E-state index is 0.917. The van der Waals surface area contributed by atoms with Crippen molar-refractivity contribution in [2.24, 2.45) is 0 Å². The molecule has 1 radical (unpaired) electrons. The highest BCUT2D eigenvalue weighted by molar-refractivity contribution is 5.58. The summed E-state index contributed by atoms with van der Waals surface area (Å²) in [5.41, 5.74) is 3.87. The standard InChI is InChI=1S/C16H14N/c1-12-6-2-3-7-13(12)10-16-15-9-5-4-8-14(15)11-17-16/h2-9,11H,10H2,1H3. The van der Waals surface area contributed by atoms with Crippen molar-refractivity contribution in [3.63, 3.8) is 0 Å². The van der Waals surface area contributed by atoms with Gasteiger partial charge in [0.1, 0.15) is 0 Å². The van der Waals surface area contributed by atoms with Crippen LogP contribution in [0, 0.1) is 6.92 Å². The first-order chi connectivity index (χ1) is 8.34. The minimum absolute atomic E-state index is 0.917. The van der Waals surface area contributed by atoms with E-state index in [0.29, 0.717) is 0 Å². The zero-order valence-corrected chi connectivity index (χ0v) is 9.85. The molecule has 0 saturated carbocycles. The predicted octanol–water partition coefficient (Wildman–Crippen LogP) is 1.70. The van der Waals surface area contributed by atoms with E-state index in [1.165, 1.54) is 27.3 Å². The van der Waals surface area contributed by atoms with Crippen molar-refractivity contribution in [2.75, 3.05) is 0 Å². The van der Waals surface area contributed by atoms with Crippen LogP contribution in [-0.2, 0) is 6.42 Å². The molecule has 0 amide bonds. The monoisotopic (exact) mass is 220 g/mol.